The first-order valence-corrected chi connectivity index (χ1v) is 7.06. The van der Waals surface area contributed by atoms with Crippen LogP contribution >= 0.6 is 11.3 Å². The molecule has 20 heavy (non-hydrogen) atoms. The third kappa shape index (κ3) is 2.18. The Morgan fingerprint density at radius 1 is 1.35 bits per heavy atom. The van der Waals surface area contributed by atoms with Crippen molar-refractivity contribution in [2.75, 3.05) is 6.54 Å². The fourth-order valence-corrected chi connectivity index (χ4v) is 3.10. The van der Waals surface area contributed by atoms with Gasteiger partial charge in [0.15, 0.2) is 0 Å². The van der Waals surface area contributed by atoms with Crippen molar-refractivity contribution in [2.45, 2.75) is 13.0 Å². The summed E-state index contributed by atoms with van der Waals surface area (Å²) in [6.07, 6.45) is 3.57. The first kappa shape index (κ1) is 12.8. The van der Waals surface area contributed by atoms with Crippen molar-refractivity contribution in [3.8, 4) is 0 Å². The van der Waals surface area contributed by atoms with Crippen molar-refractivity contribution in [3.05, 3.63) is 51.5 Å². The maximum Gasteiger partial charge on any atom is 0.337 e. The van der Waals surface area contributed by atoms with Crippen LogP contribution in [-0.2, 0) is 13.0 Å². The Kier molecular flexibility index (Phi) is 3.23. The standard InChI is InChI=1S/C14H12N2O3S/c17-13(12-2-1-5-20-12)16-4-3-10-9(8-16)6-15-7-11(10)14(18)19/h1-2,5-7H,3-4,8H2,(H,18,19). The summed E-state index contributed by atoms with van der Waals surface area (Å²) in [5, 5.41) is 11.0. The van der Waals surface area contributed by atoms with Gasteiger partial charge in [-0.1, -0.05) is 6.07 Å². The van der Waals surface area contributed by atoms with Crippen LogP contribution in [0.2, 0.25) is 0 Å². The average Bonchev–Trinajstić information content (AvgIpc) is 2.99. The third-order valence-corrected chi connectivity index (χ3v) is 4.25. The van der Waals surface area contributed by atoms with E-state index in [-0.39, 0.29) is 11.5 Å². The average molecular weight is 288 g/mol. The van der Waals surface area contributed by atoms with E-state index in [1.807, 2.05) is 11.4 Å². The van der Waals surface area contributed by atoms with E-state index >= 15 is 0 Å². The lowest BCUT2D eigenvalue weighted by molar-refractivity contribution is 0.0693. The van der Waals surface area contributed by atoms with E-state index in [1.54, 1.807) is 17.2 Å². The van der Waals surface area contributed by atoms with Gasteiger partial charge < -0.3 is 10.0 Å². The Balaban J connectivity index is 1.88. The molecule has 2 aromatic heterocycles. The van der Waals surface area contributed by atoms with Gasteiger partial charge in [-0.25, -0.2) is 4.79 Å². The number of pyridine rings is 1. The smallest absolute Gasteiger partial charge is 0.337 e. The molecule has 2 aromatic rings. The van der Waals surface area contributed by atoms with Crippen molar-refractivity contribution in [3.63, 3.8) is 0 Å². The van der Waals surface area contributed by atoms with Crippen molar-refractivity contribution >= 4 is 23.2 Å². The largest absolute Gasteiger partial charge is 0.478 e. The molecule has 3 rings (SSSR count). The summed E-state index contributed by atoms with van der Waals surface area (Å²) in [6.45, 7) is 0.953. The monoisotopic (exact) mass is 288 g/mol. The van der Waals surface area contributed by atoms with Gasteiger partial charge in [0.25, 0.3) is 5.91 Å². The lowest BCUT2D eigenvalue weighted by Crippen LogP contribution is -2.36. The van der Waals surface area contributed by atoms with Crippen molar-refractivity contribution in [1.82, 2.24) is 9.88 Å². The molecule has 0 saturated carbocycles. The Labute approximate surface area is 119 Å². The molecule has 0 bridgehead atoms. The number of carbonyl (C=O) groups is 2. The fraction of sp³-hybridized carbons (Fsp3) is 0.214. The van der Waals surface area contributed by atoms with E-state index in [9.17, 15) is 9.59 Å². The van der Waals surface area contributed by atoms with Gasteiger partial charge in [0.05, 0.1) is 10.4 Å². The minimum Gasteiger partial charge on any atom is -0.478 e. The predicted molar refractivity (Wildman–Crippen MR) is 74.0 cm³/mol. The number of rotatable bonds is 2. The normalized spacial score (nSPS) is 13.9. The number of carbonyl (C=O) groups excluding carboxylic acids is 1. The number of amides is 1. The maximum absolute atomic E-state index is 12.3. The quantitative estimate of drug-likeness (QED) is 0.918. The lowest BCUT2D eigenvalue weighted by atomic mass is 9.97. The molecular formula is C14H12N2O3S. The van der Waals surface area contributed by atoms with Gasteiger partial charge in [0.1, 0.15) is 0 Å². The SMILES string of the molecule is O=C(O)c1cncc2c1CCN(C(=O)c1cccs1)C2. The number of hydrogen-bond donors (Lipinski definition) is 1. The molecule has 102 valence electrons. The van der Waals surface area contributed by atoms with Crippen LogP contribution in [0.5, 0.6) is 0 Å². The summed E-state index contributed by atoms with van der Waals surface area (Å²) < 4.78 is 0. The van der Waals surface area contributed by atoms with Crippen molar-refractivity contribution < 1.29 is 14.7 Å². The van der Waals surface area contributed by atoms with Gasteiger partial charge in [-0.3, -0.25) is 9.78 Å². The zero-order valence-corrected chi connectivity index (χ0v) is 11.4. The van der Waals surface area contributed by atoms with Crippen molar-refractivity contribution in [2.24, 2.45) is 0 Å². The second kappa shape index (κ2) is 5.05. The molecule has 1 aliphatic heterocycles. The Bertz CT molecular complexity index is 667. The molecule has 1 amide bonds. The first-order chi connectivity index (χ1) is 9.66. The molecule has 0 atom stereocenters. The van der Waals surface area contributed by atoms with Crippen LogP contribution in [0.3, 0.4) is 0 Å². The topological polar surface area (TPSA) is 70.5 Å². The number of hydrogen-bond acceptors (Lipinski definition) is 4. The molecule has 1 N–H and O–H groups in total. The summed E-state index contributed by atoms with van der Waals surface area (Å²) in [4.78, 5) is 29.8. The molecule has 0 radical (unpaired) electrons. The highest BCUT2D eigenvalue weighted by molar-refractivity contribution is 7.12. The number of aromatic nitrogens is 1. The summed E-state index contributed by atoms with van der Waals surface area (Å²) in [5.74, 6) is -0.973. The fourth-order valence-electron chi connectivity index (χ4n) is 2.41. The molecule has 0 unspecified atom stereocenters. The summed E-state index contributed by atoms with van der Waals surface area (Å²) >= 11 is 1.41. The van der Waals surface area contributed by atoms with Crippen LogP contribution in [-0.4, -0.2) is 33.4 Å². The summed E-state index contributed by atoms with van der Waals surface area (Å²) in [6, 6.07) is 3.65. The zero-order valence-electron chi connectivity index (χ0n) is 10.6. The number of carboxylic acids is 1. The van der Waals surface area contributed by atoms with Crippen LogP contribution in [0, 0.1) is 0 Å². The third-order valence-electron chi connectivity index (χ3n) is 3.39. The second-order valence-electron chi connectivity index (χ2n) is 4.58. The number of aromatic carboxylic acids is 1. The minimum atomic E-state index is -0.965. The Morgan fingerprint density at radius 2 is 2.20 bits per heavy atom. The van der Waals surface area contributed by atoms with Crippen LogP contribution in [0.25, 0.3) is 0 Å². The van der Waals surface area contributed by atoms with Gasteiger partial charge >= 0.3 is 5.97 Å². The van der Waals surface area contributed by atoms with Crippen LogP contribution in [0.4, 0.5) is 0 Å². The highest BCUT2D eigenvalue weighted by Crippen LogP contribution is 2.23. The van der Waals surface area contributed by atoms with Crippen molar-refractivity contribution in [1.29, 1.82) is 0 Å². The Hall–Kier alpha value is -2.21. The number of thiophene rings is 1. The summed E-state index contributed by atoms with van der Waals surface area (Å²) in [5.41, 5.74) is 1.86. The van der Waals surface area contributed by atoms with Gasteiger partial charge in [-0.05, 0) is 29.0 Å². The highest BCUT2D eigenvalue weighted by atomic mass is 32.1. The molecule has 0 aliphatic carbocycles. The Morgan fingerprint density at radius 3 is 2.90 bits per heavy atom. The lowest BCUT2D eigenvalue weighted by Gasteiger charge is -2.29. The molecule has 0 fully saturated rings. The number of carboxylic acid groups (broad SMARTS) is 1. The second-order valence-corrected chi connectivity index (χ2v) is 5.53. The molecule has 5 nitrogen and oxygen atoms in total. The van der Waals surface area contributed by atoms with Crippen LogP contribution in [0.15, 0.2) is 29.9 Å². The van der Waals surface area contributed by atoms with Crippen LogP contribution in [0.1, 0.15) is 31.2 Å². The summed E-state index contributed by atoms with van der Waals surface area (Å²) in [7, 11) is 0. The van der Waals surface area contributed by atoms with Gasteiger partial charge in [-0.15, -0.1) is 11.3 Å². The van der Waals surface area contributed by atoms with E-state index in [2.05, 4.69) is 4.98 Å². The maximum atomic E-state index is 12.3. The van der Waals surface area contributed by atoms with Gasteiger partial charge in [0.2, 0.25) is 0 Å². The molecule has 0 saturated heterocycles. The van der Waals surface area contributed by atoms with E-state index in [0.29, 0.717) is 24.4 Å². The highest BCUT2D eigenvalue weighted by Gasteiger charge is 2.25. The molecule has 6 heteroatoms. The first-order valence-electron chi connectivity index (χ1n) is 6.18. The zero-order chi connectivity index (χ0) is 14.1. The van der Waals surface area contributed by atoms with E-state index in [1.165, 1.54) is 17.5 Å². The number of fused-ring (bicyclic) bond motifs is 1. The molecule has 0 aromatic carbocycles. The molecule has 3 heterocycles. The predicted octanol–water partition coefficient (Wildman–Crippen LogP) is 2.04. The molecule has 0 spiro atoms. The van der Waals surface area contributed by atoms with Gasteiger partial charge in [-0.2, -0.15) is 0 Å². The minimum absolute atomic E-state index is 0.00798. The van der Waals surface area contributed by atoms with E-state index in [0.717, 1.165) is 11.1 Å². The molecule has 1 aliphatic rings. The van der Waals surface area contributed by atoms with Crippen LogP contribution < -0.4 is 0 Å². The molecular weight excluding hydrogens is 276 g/mol. The van der Waals surface area contributed by atoms with E-state index in [4.69, 9.17) is 5.11 Å². The number of nitrogens with zero attached hydrogens (tertiary/aromatic N) is 2. The van der Waals surface area contributed by atoms with Gasteiger partial charge in [0, 0.05) is 25.5 Å². The van der Waals surface area contributed by atoms with E-state index < -0.39 is 5.97 Å².